The highest BCUT2D eigenvalue weighted by Gasteiger charge is 2.19. The van der Waals surface area contributed by atoms with Crippen LogP contribution in [-0.4, -0.2) is 14.4 Å². The molecule has 1 rings (SSSR count). The van der Waals surface area contributed by atoms with Crippen molar-refractivity contribution in [3.05, 3.63) is 35.9 Å². The largest absolute Gasteiger partial charge is 0.393 e. The van der Waals surface area contributed by atoms with Gasteiger partial charge < -0.3 is 4.43 Å². The van der Waals surface area contributed by atoms with Crippen molar-refractivity contribution in [2.24, 2.45) is 0 Å². The lowest BCUT2D eigenvalue weighted by Gasteiger charge is -2.17. The van der Waals surface area contributed by atoms with Crippen molar-refractivity contribution in [1.29, 1.82) is 5.26 Å². The molecule has 82 valence electrons. The van der Waals surface area contributed by atoms with E-state index in [1.807, 2.05) is 50.0 Å². The molecule has 1 atom stereocenters. The number of hydrogen-bond acceptors (Lipinski definition) is 2. The van der Waals surface area contributed by atoms with Crippen LogP contribution in [0.1, 0.15) is 5.56 Å². The Morgan fingerprint density at radius 3 is 2.31 bits per heavy atom. The van der Waals surface area contributed by atoms with E-state index in [-0.39, 0.29) is 0 Å². The lowest BCUT2D eigenvalue weighted by Crippen LogP contribution is -2.30. The zero-order valence-electron chi connectivity index (χ0n) is 9.82. The first-order valence-corrected chi connectivity index (χ1v) is 8.56. The average Bonchev–Trinajstić information content (AvgIpc) is 2.24. The molecule has 0 fully saturated rings. The minimum Gasteiger partial charge on any atom is -0.393 e. The molecule has 0 saturated heterocycles. The van der Waals surface area contributed by atoms with Gasteiger partial charge in [-0.2, -0.15) is 5.26 Å². The summed E-state index contributed by atoms with van der Waals surface area (Å²) in [6.07, 6.45) is -0.619. The zero-order valence-corrected chi connectivity index (χ0v) is 10.8. The first-order valence-electron chi connectivity index (χ1n) is 5.15. The number of hydrogen-bond donors (Lipinski definition) is 0. The maximum atomic E-state index is 8.91. The molecule has 0 saturated carbocycles. The standard InChI is InChI=1S/C13H15NOSi/c1-16(2,3)15-13(11-14)10-9-12-7-5-4-6-8-12/h4-8,13H,1-3H3. The minimum absolute atomic E-state index is 0.619. The Hall–Kier alpha value is -1.55. The summed E-state index contributed by atoms with van der Waals surface area (Å²) >= 11 is 0. The first kappa shape index (κ1) is 12.5. The van der Waals surface area contributed by atoms with Crippen molar-refractivity contribution < 1.29 is 4.43 Å². The molecule has 0 aliphatic heterocycles. The van der Waals surface area contributed by atoms with Crippen molar-refractivity contribution in [3.8, 4) is 17.9 Å². The highest BCUT2D eigenvalue weighted by atomic mass is 28.4. The second kappa shape index (κ2) is 5.51. The van der Waals surface area contributed by atoms with Gasteiger partial charge >= 0.3 is 0 Å². The van der Waals surface area contributed by atoms with Crippen LogP contribution >= 0.6 is 0 Å². The summed E-state index contributed by atoms with van der Waals surface area (Å²) in [7, 11) is -1.70. The van der Waals surface area contributed by atoms with Crippen molar-refractivity contribution >= 4 is 8.32 Å². The van der Waals surface area contributed by atoms with Crippen LogP contribution in [0.2, 0.25) is 19.6 Å². The van der Waals surface area contributed by atoms with E-state index in [4.69, 9.17) is 9.69 Å². The van der Waals surface area contributed by atoms with E-state index in [0.29, 0.717) is 0 Å². The lowest BCUT2D eigenvalue weighted by molar-refractivity contribution is 0.304. The van der Waals surface area contributed by atoms with Crippen LogP contribution in [0.3, 0.4) is 0 Å². The maximum Gasteiger partial charge on any atom is 0.196 e. The average molecular weight is 229 g/mol. The number of nitriles is 1. The highest BCUT2D eigenvalue weighted by molar-refractivity contribution is 6.69. The monoisotopic (exact) mass is 229 g/mol. The van der Waals surface area contributed by atoms with Gasteiger partial charge in [-0.3, -0.25) is 0 Å². The summed E-state index contributed by atoms with van der Waals surface area (Å²) < 4.78 is 5.61. The quantitative estimate of drug-likeness (QED) is 0.577. The van der Waals surface area contributed by atoms with Gasteiger partial charge in [-0.05, 0) is 31.8 Å². The molecule has 0 radical (unpaired) electrons. The number of rotatable bonds is 2. The number of benzene rings is 1. The van der Waals surface area contributed by atoms with E-state index in [1.54, 1.807) is 0 Å². The molecular formula is C13H15NOSi. The molecule has 3 heteroatoms. The van der Waals surface area contributed by atoms with Crippen LogP contribution < -0.4 is 0 Å². The van der Waals surface area contributed by atoms with Crippen LogP contribution in [-0.2, 0) is 4.43 Å². The van der Waals surface area contributed by atoms with Gasteiger partial charge in [0.2, 0.25) is 0 Å². The van der Waals surface area contributed by atoms with Crippen LogP contribution in [0, 0.1) is 23.2 Å². The summed E-state index contributed by atoms with van der Waals surface area (Å²) in [5.74, 6) is 5.79. The van der Waals surface area contributed by atoms with Crippen molar-refractivity contribution in [2.45, 2.75) is 25.7 Å². The fraction of sp³-hybridized carbons (Fsp3) is 0.308. The zero-order chi connectivity index (χ0) is 12.0. The lowest BCUT2D eigenvalue weighted by atomic mass is 10.2. The molecule has 0 aromatic heterocycles. The molecule has 0 aliphatic rings. The predicted molar refractivity (Wildman–Crippen MR) is 67.2 cm³/mol. The summed E-state index contributed by atoms with van der Waals surface area (Å²) in [4.78, 5) is 0. The first-order chi connectivity index (χ1) is 7.51. The fourth-order valence-corrected chi connectivity index (χ4v) is 1.93. The third-order valence-corrected chi connectivity index (χ3v) is 2.65. The van der Waals surface area contributed by atoms with Gasteiger partial charge in [-0.15, -0.1) is 0 Å². The summed E-state index contributed by atoms with van der Waals surface area (Å²) in [5.41, 5.74) is 0.905. The van der Waals surface area contributed by atoms with Gasteiger partial charge in [0.1, 0.15) is 6.07 Å². The topological polar surface area (TPSA) is 33.0 Å². The van der Waals surface area contributed by atoms with Gasteiger partial charge in [0.05, 0.1) is 0 Å². The van der Waals surface area contributed by atoms with Crippen molar-refractivity contribution in [2.75, 3.05) is 0 Å². The molecule has 1 unspecified atom stereocenters. The summed E-state index contributed by atoms with van der Waals surface area (Å²) in [5, 5.41) is 8.91. The van der Waals surface area contributed by atoms with Gasteiger partial charge in [0.25, 0.3) is 0 Å². The molecular weight excluding hydrogens is 214 g/mol. The van der Waals surface area contributed by atoms with Gasteiger partial charge in [0, 0.05) is 5.56 Å². The van der Waals surface area contributed by atoms with Gasteiger partial charge in [0.15, 0.2) is 14.4 Å². The minimum atomic E-state index is -1.70. The van der Waals surface area contributed by atoms with Crippen LogP contribution in [0.5, 0.6) is 0 Å². The van der Waals surface area contributed by atoms with E-state index in [0.717, 1.165) is 5.56 Å². The predicted octanol–water partition coefficient (Wildman–Crippen LogP) is 2.78. The van der Waals surface area contributed by atoms with Gasteiger partial charge in [-0.1, -0.05) is 30.0 Å². The SMILES string of the molecule is C[Si](C)(C)OC(C#N)C#Cc1ccccc1. The Morgan fingerprint density at radius 1 is 1.19 bits per heavy atom. The molecule has 0 spiro atoms. The highest BCUT2D eigenvalue weighted by Crippen LogP contribution is 2.06. The Labute approximate surface area is 98.0 Å². The van der Waals surface area contributed by atoms with Crippen molar-refractivity contribution in [3.63, 3.8) is 0 Å². The molecule has 1 aromatic rings. The third kappa shape index (κ3) is 4.79. The van der Waals surface area contributed by atoms with E-state index in [9.17, 15) is 0 Å². The molecule has 0 heterocycles. The summed E-state index contributed by atoms with van der Waals surface area (Å²) in [6.45, 7) is 6.13. The van der Waals surface area contributed by atoms with E-state index >= 15 is 0 Å². The molecule has 1 aromatic carbocycles. The summed E-state index contributed by atoms with van der Waals surface area (Å²) in [6, 6.07) is 11.7. The van der Waals surface area contributed by atoms with E-state index in [1.165, 1.54) is 0 Å². The molecule has 0 aliphatic carbocycles. The number of nitrogens with zero attached hydrogens (tertiary/aromatic N) is 1. The molecule has 0 N–H and O–H groups in total. The Balaban J connectivity index is 2.73. The smallest absolute Gasteiger partial charge is 0.196 e. The second-order valence-electron chi connectivity index (χ2n) is 4.37. The van der Waals surface area contributed by atoms with Crippen molar-refractivity contribution in [1.82, 2.24) is 0 Å². The molecule has 0 bridgehead atoms. The Bertz CT molecular complexity index is 431. The third-order valence-electron chi connectivity index (χ3n) is 1.71. The normalized spacial score (nSPS) is 12.1. The Kier molecular flexibility index (Phi) is 4.31. The fourth-order valence-electron chi connectivity index (χ4n) is 1.11. The van der Waals surface area contributed by atoms with Crippen LogP contribution in [0.15, 0.2) is 30.3 Å². The van der Waals surface area contributed by atoms with Crippen LogP contribution in [0.4, 0.5) is 0 Å². The second-order valence-corrected chi connectivity index (χ2v) is 8.84. The molecule has 2 nitrogen and oxygen atoms in total. The molecule has 16 heavy (non-hydrogen) atoms. The van der Waals surface area contributed by atoms with E-state index < -0.39 is 14.4 Å². The maximum absolute atomic E-state index is 8.91. The van der Waals surface area contributed by atoms with E-state index in [2.05, 4.69) is 17.9 Å². The molecule has 0 amide bonds. The Morgan fingerprint density at radius 2 is 1.81 bits per heavy atom. The van der Waals surface area contributed by atoms with Gasteiger partial charge in [-0.25, -0.2) is 0 Å². The van der Waals surface area contributed by atoms with Crippen LogP contribution in [0.25, 0.3) is 0 Å².